The normalized spacial score (nSPS) is 14.3. The zero-order valence-electron chi connectivity index (χ0n) is 16.4. The summed E-state index contributed by atoms with van der Waals surface area (Å²) in [7, 11) is 0. The van der Waals surface area contributed by atoms with Crippen molar-refractivity contribution in [3.63, 3.8) is 0 Å². The van der Waals surface area contributed by atoms with Crippen molar-refractivity contribution < 1.29 is 0 Å². The Bertz CT molecular complexity index is 441. The number of nitrogen functional groups attached to an aromatic ring is 1. The van der Waals surface area contributed by atoms with Crippen LogP contribution in [0, 0.1) is 0 Å². The Balaban J connectivity index is 2.70. The molecule has 3 N–H and O–H groups in total. The summed E-state index contributed by atoms with van der Waals surface area (Å²) in [6.07, 6.45) is 2.59. The lowest BCUT2D eigenvalue weighted by Crippen LogP contribution is -2.42. The highest BCUT2D eigenvalue weighted by molar-refractivity contribution is 5.48. The van der Waals surface area contributed by atoms with E-state index in [1.54, 1.807) is 0 Å². The predicted molar refractivity (Wildman–Crippen MR) is 106 cm³/mol. The lowest BCUT2D eigenvalue weighted by Gasteiger charge is -2.34. The molecule has 0 saturated heterocycles. The molecule has 4 heteroatoms. The Morgan fingerprint density at radius 2 is 1.62 bits per heavy atom. The largest absolute Gasteiger partial charge is 0.398 e. The molecule has 0 saturated carbocycles. The van der Waals surface area contributed by atoms with Gasteiger partial charge in [-0.05, 0) is 58.6 Å². The molecule has 0 spiro atoms. The van der Waals surface area contributed by atoms with Gasteiger partial charge in [0.15, 0.2) is 0 Å². The minimum absolute atomic E-state index is 0.185. The van der Waals surface area contributed by atoms with Crippen molar-refractivity contribution in [2.45, 2.75) is 59.7 Å². The van der Waals surface area contributed by atoms with Crippen molar-refractivity contribution in [1.29, 1.82) is 0 Å². The molecule has 4 nitrogen and oxygen atoms in total. The highest BCUT2D eigenvalue weighted by Crippen LogP contribution is 2.24. The maximum atomic E-state index is 6.25. The smallest absolute Gasteiger partial charge is 0.0882 e. The van der Waals surface area contributed by atoms with Gasteiger partial charge in [0, 0.05) is 17.3 Å². The molecule has 0 bridgehead atoms. The van der Waals surface area contributed by atoms with Crippen molar-refractivity contribution in [3.05, 3.63) is 29.8 Å². The molecule has 0 amide bonds. The zero-order valence-corrected chi connectivity index (χ0v) is 16.4. The molecule has 1 aromatic carbocycles. The van der Waals surface area contributed by atoms with Gasteiger partial charge < -0.3 is 10.6 Å². The molecule has 2 unspecified atom stereocenters. The van der Waals surface area contributed by atoms with Gasteiger partial charge in [0.05, 0.1) is 6.17 Å². The summed E-state index contributed by atoms with van der Waals surface area (Å²) >= 11 is 0. The fourth-order valence-corrected chi connectivity index (χ4v) is 3.25. The molecule has 138 valence electrons. The molecule has 0 aliphatic rings. The summed E-state index contributed by atoms with van der Waals surface area (Å²) in [5.41, 5.74) is 8.31. The third-order valence-corrected chi connectivity index (χ3v) is 4.92. The van der Waals surface area contributed by atoms with E-state index in [0.29, 0.717) is 6.04 Å². The maximum absolute atomic E-state index is 6.25. The van der Waals surface area contributed by atoms with Gasteiger partial charge in [-0.3, -0.25) is 10.2 Å². The summed E-state index contributed by atoms with van der Waals surface area (Å²) in [6, 6.07) is 8.69. The first-order valence-corrected chi connectivity index (χ1v) is 9.64. The molecule has 24 heavy (non-hydrogen) atoms. The van der Waals surface area contributed by atoms with Gasteiger partial charge in [0.25, 0.3) is 0 Å². The van der Waals surface area contributed by atoms with E-state index in [4.69, 9.17) is 5.73 Å². The summed E-state index contributed by atoms with van der Waals surface area (Å²) in [4.78, 5) is 4.93. The third kappa shape index (κ3) is 6.42. The Morgan fingerprint density at radius 3 is 2.17 bits per heavy atom. The number of nitrogens with one attached hydrogen (secondary N) is 1. The van der Waals surface area contributed by atoms with Crippen LogP contribution in [0.25, 0.3) is 0 Å². The third-order valence-electron chi connectivity index (χ3n) is 4.92. The maximum Gasteiger partial charge on any atom is 0.0882 e. The van der Waals surface area contributed by atoms with E-state index in [9.17, 15) is 0 Å². The monoisotopic (exact) mass is 334 g/mol. The first-order valence-electron chi connectivity index (χ1n) is 9.64. The second kappa shape index (κ2) is 11.5. The van der Waals surface area contributed by atoms with Crippen LogP contribution in [0.15, 0.2) is 24.3 Å². The Labute approximate surface area is 149 Å². The number of nitrogens with two attached hydrogens (primary N) is 1. The summed E-state index contributed by atoms with van der Waals surface area (Å²) < 4.78 is 0. The summed E-state index contributed by atoms with van der Waals surface area (Å²) in [5, 5.41) is 3.81. The van der Waals surface area contributed by atoms with Crippen LogP contribution in [-0.4, -0.2) is 48.6 Å². The van der Waals surface area contributed by atoms with Gasteiger partial charge in [-0.1, -0.05) is 45.9 Å². The van der Waals surface area contributed by atoms with Crippen LogP contribution in [0.4, 0.5) is 5.69 Å². The zero-order chi connectivity index (χ0) is 17.9. The topological polar surface area (TPSA) is 44.5 Å². The van der Waals surface area contributed by atoms with Crippen LogP contribution in [0.3, 0.4) is 0 Å². The molecule has 0 aromatic heterocycles. The minimum Gasteiger partial charge on any atom is -0.398 e. The Morgan fingerprint density at radius 1 is 1.00 bits per heavy atom. The first-order chi connectivity index (χ1) is 11.6. The van der Waals surface area contributed by atoms with Crippen LogP contribution in [0.2, 0.25) is 0 Å². The van der Waals surface area contributed by atoms with E-state index < -0.39 is 0 Å². The number of benzene rings is 1. The quantitative estimate of drug-likeness (QED) is 0.452. The Hall–Kier alpha value is -1.10. The second-order valence-electron chi connectivity index (χ2n) is 6.49. The van der Waals surface area contributed by atoms with Crippen LogP contribution in [-0.2, 0) is 0 Å². The SMILES string of the molecule is CCN(CC)CCCC(C)NC(c1ccccc1N)N(CC)CC. The number of para-hydroxylation sites is 1. The standard InChI is InChI=1S/C20H38N4/c1-6-23(7-2)16-12-13-17(5)22-20(24(8-3)9-4)18-14-10-11-15-19(18)21/h10-11,14-15,17,20,22H,6-9,12-13,16,21H2,1-5H3. The first kappa shape index (κ1) is 20.9. The molecule has 0 radical (unpaired) electrons. The molecular formula is C20H38N4. The van der Waals surface area contributed by atoms with Crippen LogP contribution < -0.4 is 11.1 Å². The van der Waals surface area contributed by atoms with Gasteiger partial charge in [-0.25, -0.2) is 0 Å². The highest BCUT2D eigenvalue weighted by atomic mass is 15.3. The van der Waals surface area contributed by atoms with Crippen molar-refractivity contribution in [2.24, 2.45) is 0 Å². The van der Waals surface area contributed by atoms with E-state index in [1.165, 1.54) is 24.9 Å². The second-order valence-corrected chi connectivity index (χ2v) is 6.49. The number of hydrogen-bond acceptors (Lipinski definition) is 4. The van der Waals surface area contributed by atoms with E-state index in [0.717, 1.165) is 31.9 Å². The van der Waals surface area contributed by atoms with Crippen LogP contribution in [0.5, 0.6) is 0 Å². The minimum atomic E-state index is 0.185. The van der Waals surface area contributed by atoms with Gasteiger partial charge in [0.1, 0.15) is 0 Å². The molecule has 1 rings (SSSR count). The lowest BCUT2D eigenvalue weighted by atomic mass is 10.1. The van der Waals surface area contributed by atoms with E-state index in [1.807, 2.05) is 12.1 Å². The average molecular weight is 335 g/mol. The van der Waals surface area contributed by atoms with E-state index >= 15 is 0 Å². The Kier molecular flexibility index (Phi) is 9.99. The van der Waals surface area contributed by atoms with Crippen molar-refractivity contribution in [1.82, 2.24) is 15.1 Å². The van der Waals surface area contributed by atoms with Crippen molar-refractivity contribution in [3.8, 4) is 0 Å². The average Bonchev–Trinajstić information content (AvgIpc) is 2.59. The van der Waals surface area contributed by atoms with Gasteiger partial charge >= 0.3 is 0 Å². The summed E-state index contributed by atoms with van der Waals surface area (Å²) in [6.45, 7) is 16.7. The van der Waals surface area contributed by atoms with Crippen LogP contribution in [0.1, 0.15) is 59.2 Å². The molecule has 0 aliphatic carbocycles. The number of hydrogen-bond donors (Lipinski definition) is 2. The van der Waals surface area contributed by atoms with Gasteiger partial charge in [0.2, 0.25) is 0 Å². The lowest BCUT2D eigenvalue weighted by molar-refractivity contribution is 0.167. The molecule has 1 aromatic rings. The predicted octanol–water partition coefficient (Wildman–Crippen LogP) is 3.71. The number of rotatable bonds is 12. The molecule has 0 aliphatic heterocycles. The van der Waals surface area contributed by atoms with Crippen molar-refractivity contribution >= 4 is 5.69 Å². The highest BCUT2D eigenvalue weighted by Gasteiger charge is 2.21. The molecule has 0 fully saturated rings. The molecule has 0 heterocycles. The van der Waals surface area contributed by atoms with Gasteiger partial charge in [-0.2, -0.15) is 0 Å². The molecule has 2 atom stereocenters. The van der Waals surface area contributed by atoms with E-state index in [-0.39, 0.29) is 6.17 Å². The van der Waals surface area contributed by atoms with E-state index in [2.05, 4.69) is 61.9 Å². The van der Waals surface area contributed by atoms with Crippen LogP contribution >= 0.6 is 0 Å². The fourth-order valence-electron chi connectivity index (χ4n) is 3.25. The van der Waals surface area contributed by atoms with Gasteiger partial charge in [-0.15, -0.1) is 0 Å². The number of nitrogens with zero attached hydrogens (tertiary/aromatic N) is 2. The fraction of sp³-hybridized carbons (Fsp3) is 0.700. The van der Waals surface area contributed by atoms with Crippen molar-refractivity contribution in [2.75, 3.05) is 38.5 Å². The number of anilines is 1. The molecular weight excluding hydrogens is 296 g/mol. The summed E-state index contributed by atoms with van der Waals surface area (Å²) in [5.74, 6) is 0.